The third-order valence-electron chi connectivity index (χ3n) is 2.35. The van der Waals surface area contributed by atoms with Crippen molar-refractivity contribution in [2.45, 2.75) is 13.0 Å². The minimum absolute atomic E-state index is 0.0874. The van der Waals surface area contributed by atoms with Gasteiger partial charge in [-0.25, -0.2) is 4.98 Å². The van der Waals surface area contributed by atoms with Gasteiger partial charge in [0.05, 0.1) is 6.10 Å². The van der Waals surface area contributed by atoms with Gasteiger partial charge in [0.15, 0.2) is 5.69 Å². The van der Waals surface area contributed by atoms with E-state index in [0.29, 0.717) is 17.2 Å². The molecule has 6 nitrogen and oxygen atoms in total. The van der Waals surface area contributed by atoms with Crippen molar-refractivity contribution in [3.05, 3.63) is 36.2 Å². The van der Waals surface area contributed by atoms with Gasteiger partial charge in [-0.15, -0.1) is 0 Å². The summed E-state index contributed by atoms with van der Waals surface area (Å²) < 4.78 is 10.5. The fraction of sp³-hybridized carbons (Fsp3) is 0.231. The molecule has 0 radical (unpaired) electrons. The summed E-state index contributed by atoms with van der Waals surface area (Å²) in [5, 5.41) is 9.11. The standard InChI is InChI=1S/C13H14N2O4/c1-8(16)6-18-10-4-2-9(3-5-10)13-15-11(7-19-13)12(14)17/h2-5,7-8,16H,6H2,1H3,(H2,14,17). The fourth-order valence-corrected chi connectivity index (χ4v) is 1.43. The van der Waals surface area contributed by atoms with Crippen molar-refractivity contribution in [3.63, 3.8) is 0 Å². The van der Waals surface area contributed by atoms with Gasteiger partial charge in [0.2, 0.25) is 5.89 Å². The molecule has 0 fully saturated rings. The number of oxazole rings is 1. The first-order valence-electron chi connectivity index (χ1n) is 5.73. The second-order valence-corrected chi connectivity index (χ2v) is 4.09. The van der Waals surface area contributed by atoms with Crippen LogP contribution >= 0.6 is 0 Å². The second-order valence-electron chi connectivity index (χ2n) is 4.09. The Morgan fingerprint density at radius 1 is 1.47 bits per heavy atom. The van der Waals surface area contributed by atoms with Crippen LogP contribution < -0.4 is 10.5 Å². The van der Waals surface area contributed by atoms with Crippen molar-refractivity contribution in [3.8, 4) is 17.2 Å². The lowest BCUT2D eigenvalue weighted by molar-refractivity contribution is 0.0995. The molecular weight excluding hydrogens is 248 g/mol. The van der Waals surface area contributed by atoms with Crippen LogP contribution in [0.2, 0.25) is 0 Å². The number of nitrogens with zero attached hydrogens (tertiary/aromatic N) is 1. The van der Waals surface area contributed by atoms with Crippen LogP contribution in [0.5, 0.6) is 5.75 Å². The van der Waals surface area contributed by atoms with Crippen molar-refractivity contribution < 1.29 is 19.1 Å². The average Bonchev–Trinajstić information content (AvgIpc) is 2.86. The van der Waals surface area contributed by atoms with E-state index in [9.17, 15) is 4.79 Å². The predicted octanol–water partition coefficient (Wildman–Crippen LogP) is 1.20. The van der Waals surface area contributed by atoms with Crippen LogP contribution in [0.3, 0.4) is 0 Å². The highest BCUT2D eigenvalue weighted by Gasteiger charge is 2.10. The lowest BCUT2D eigenvalue weighted by Crippen LogP contribution is -2.12. The lowest BCUT2D eigenvalue weighted by atomic mass is 10.2. The van der Waals surface area contributed by atoms with Crippen molar-refractivity contribution in [2.24, 2.45) is 5.73 Å². The first-order valence-corrected chi connectivity index (χ1v) is 5.73. The van der Waals surface area contributed by atoms with Gasteiger partial charge in [-0.1, -0.05) is 0 Å². The number of nitrogens with two attached hydrogens (primary N) is 1. The van der Waals surface area contributed by atoms with Crippen LogP contribution in [0.25, 0.3) is 11.5 Å². The minimum atomic E-state index is -0.633. The highest BCUT2D eigenvalue weighted by molar-refractivity contribution is 5.90. The zero-order valence-electron chi connectivity index (χ0n) is 10.4. The Morgan fingerprint density at radius 3 is 2.68 bits per heavy atom. The molecule has 0 bridgehead atoms. The quantitative estimate of drug-likeness (QED) is 0.843. The predicted molar refractivity (Wildman–Crippen MR) is 67.6 cm³/mol. The average molecular weight is 262 g/mol. The van der Waals surface area contributed by atoms with E-state index in [1.807, 2.05) is 0 Å². The van der Waals surface area contributed by atoms with E-state index >= 15 is 0 Å². The van der Waals surface area contributed by atoms with Gasteiger partial charge in [0.1, 0.15) is 18.6 Å². The molecule has 0 aliphatic rings. The van der Waals surface area contributed by atoms with Gasteiger partial charge in [-0.2, -0.15) is 0 Å². The molecular formula is C13H14N2O4. The zero-order chi connectivity index (χ0) is 13.8. The van der Waals surface area contributed by atoms with E-state index in [1.54, 1.807) is 31.2 Å². The van der Waals surface area contributed by atoms with Crippen molar-refractivity contribution >= 4 is 5.91 Å². The molecule has 1 aromatic heterocycles. The molecule has 1 amide bonds. The van der Waals surface area contributed by atoms with Crippen LogP contribution in [0.15, 0.2) is 34.9 Å². The number of hydrogen-bond donors (Lipinski definition) is 2. The maximum absolute atomic E-state index is 10.9. The molecule has 2 aromatic rings. The van der Waals surface area contributed by atoms with E-state index in [-0.39, 0.29) is 12.3 Å². The van der Waals surface area contributed by atoms with Crippen LogP contribution in [0.1, 0.15) is 17.4 Å². The monoisotopic (exact) mass is 262 g/mol. The molecule has 1 aromatic carbocycles. The molecule has 19 heavy (non-hydrogen) atoms. The number of aromatic nitrogens is 1. The van der Waals surface area contributed by atoms with Gasteiger partial charge < -0.3 is 20.0 Å². The first-order chi connectivity index (χ1) is 9.06. The minimum Gasteiger partial charge on any atom is -0.491 e. The molecule has 2 rings (SSSR count). The Morgan fingerprint density at radius 2 is 2.16 bits per heavy atom. The van der Waals surface area contributed by atoms with Crippen molar-refractivity contribution in [1.82, 2.24) is 4.98 Å². The summed E-state index contributed by atoms with van der Waals surface area (Å²) in [5.41, 5.74) is 5.88. The number of ether oxygens (including phenoxy) is 1. The Balaban J connectivity index is 2.10. The third-order valence-corrected chi connectivity index (χ3v) is 2.35. The highest BCUT2D eigenvalue weighted by atomic mass is 16.5. The molecule has 100 valence electrons. The Labute approximate surface area is 109 Å². The number of hydrogen-bond acceptors (Lipinski definition) is 5. The van der Waals surface area contributed by atoms with Gasteiger partial charge in [-0.05, 0) is 31.2 Å². The summed E-state index contributed by atoms with van der Waals surface area (Å²) in [5.74, 6) is 0.314. The molecule has 0 aliphatic carbocycles. The Kier molecular flexibility index (Phi) is 3.82. The van der Waals surface area contributed by atoms with E-state index < -0.39 is 12.0 Å². The first kappa shape index (κ1) is 13.1. The number of carbonyl (C=O) groups excluding carboxylic acids is 1. The summed E-state index contributed by atoms with van der Waals surface area (Å²) in [4.78, 5) is 14.9. The summed E-state index contributed by atoms with van der Waals surface area (Å²) in [6.07, 6.45) is 0.694. The molecule has 1 atom stereocenters. The Hall–Kier alpha value is -2.34. The number of amides is 1. The van der Waals surface area contributed by atoms with Gasteiger partial charge in [0, 0.05) is 5.56 Å². The largest absolute Gasteiger partial charge is 0.491 e. The highest BCUT2D eigenvalue weighted by Crippen LogP contribution is 2.21. The summed E-state index contributed by atoms with van der Waals surface area (Å²) >= 11 is 0. The zero-order valence-corrected chi connectivity index (χ0v) is 10.4. The molecule has 0 saturated carbocycles. The lowest BCUT2D eigenvalue weighted by Gasteiger charge is -2.07. The van der Waals surface area contributed by atoms with Crippen LogP contribution in [0, 0.1) is 0 Å². The maximum atomic E-state index is 10.9. The second kappa shape index (κ2) is 5.53. The number of aliphatic hydroxyl groups is 1. The molecule has 0 spiro atoms. The molecule has 0 aliphatic heterocycles. The maximum Gasteiger partial charge on any atom is 0.270 e. The van der Waals surface area contributed by atoms with Gasteiger partial charge >= 0.3 is 0 Å². The summed E-state index contributed by atoms with van der Waals surface area (Å²) in [6.45, 7) is 1.87. The van der Waals surface area contributed by atoms with E-state index in [4.69, 9.17) is 20.0 Å². The Bertz CT molecular complexity index is 560. The van der Waals surface area contributed by atoms with Crippen LogP contribution in [0.4, 0.5) is 0 Å². The molecule has 3 N–H and O–H groups in total. The number of rotatable bonds is 5. The fourth-order valence-electron chi connectivity index (χ4n) is 1.43. The summed E-state index contributed by atoms with van der Waals surface area (Å²) in [6, 6.07) is 6.94. The van der Waals surface area contributed by atoms with Gasteiger partial charge in [0.25, 0.3) is 5.91 Å². The van der Waals surface area contributed by atoms with Crippen LogP contribution in [-0.4, -0.2) is 28.7 Å². The van der Waals surface area contributed by atoms with E-state index in [2.05, 4.69) is 4.98 Å². The van der Waals surface area contributed by atoms with Crippen LogP contribution in [-0.2, 0) is 0 Å². The number of benzene rings is 1. The summed E-state index contributed by atoms with van der Waals surface area (Å²) in [7, 11) is 0. The number of primary amides is 1. The molecule has 0 saturated heterocycles. The van der Waals surface area contributed by atoms with Crippen molar-refractivity contribution in [1.29, 1.82) is 0 Å². The van der Waals surface area contributed by atoms with E-state index in [1.165, 1.54) is 6.26 Å². The number of aliphatic hydroxyl groups excluding tert-OH is 1. The molecule has 1 unspecified atom stereocenters. The third kappa shape index (κ3) is 3.32. The molecule has 1 heterocycles. The van der Waals surface area contributed by atoms with E-state index in [0.717, 1.165) is 0 Å². The van der Waals surface area contributed by atoms with Crippen molar-refractivity contribution in [2.75, 3.05) is 6.61 Å². The normalized spacial score (nSPS) is 12.1. The smallest absolute Gasteiger partial charge is 0.270 e. The van der Waals surface area contributed by atoms with Gasteiger partial charge in [-0.3, -0.25) is 4.79 Å². The number of carbonyl (C=O) groups is 1. The SMILES string of the molecule is CC(O)COc1ccc(-c2nc(C(N)=O)co2)cc1. The molecule has 6 heteroatoms. The topological polar surface area (TPSA) is 98.6 Å².